The third kappa shape index (κ3) is 1.98. The predicted octanol–water partition coefficient (Wildman–Crippen LogP) is 0.812. The summed E-state index contributed by atoms with van der Waals surface area (Å²) in [6.45, 7) is 2.32. The van der Waals surface area contributed by atoms with Gasteiger partial charge in [-0.2, -0.15) is 0 Å². The molecule has 3 nitrogen and oxygen atoms in total. The molecule has 3 heteroatoms. The fraction of sp³-hybridized carbons (Fsp3) is 0.909. The van der Waals surface area contributed by atoms with E-state index < -0.39 is 0 Å². The van der Waals surface area contributed by atoms with E-state index in [9.17, 15) is 4.79 Å². The highest BCUT2D eigenvalue weighted by molar-refractivity contribution is 5.85. The topological polar surface area (TPSA) is 40.5 Å². The Morgan fingerprint density at radius 1 is 1.29 bits per heavy atom. The lowest BCUT2D eigenvalue weighted by Crippen LogP contribution is -2.43. The molecule has 2 aliphatic rings. The second kappa shape index (κ2) is 4.41. The number of aliphatic hydroxyl groups is 1. The number of Topliss-reactive ketones (excluding diaryl/α,β-unsaturated/α-hetero) is 1. The maximum atomic E-state index is 11.5. The van der Waals surface area contributed by atoms with Gasteiger partial charge in [-0.05, 0) is 44.7 Å². The highest BCUT2D eigenvalue weighted by atomic mass is 16.3. The summed E-state index contributed by atoms with van der Waals surface area (Å²) in [6.07, 6.45) is 5.03. The van der Waals surface area contributed by atoms with Crippen molar-refractivity contribution >= 4 is 5.78 Å². The molecule has 2 rings (SSSR count). The fourth-order valence-electron chi connectivity index (χ4n) is 2.63. The first-order chi connectivity index (χ1) is 6.81. The van der Waals surface area contributed by atoms with Gasteiger partial charge in [0.15, 0.2) is 0 Å². The molecule has 1 saturated heterocycles. The summed E-state index contributed by atoms with van der Waals surface area (Å²) in [5.41, 5.74) is 0. The summed E-state index contributed by atoms with van der Waals surface area (Å²) >= 11 is 0. The first-order valence-corrected chi connectivity index (χ1v) is 5.69. The van der Waals surface area contributed by atoms with E-state index in [2.05, 4.69) is 4.90 Å². The van der Waals surface area contributed by atoms with Crippen LogP contribution in [0.3, 0.4) is 0 Å². The average Bonchev–Trinajstić information content (AvgIpc) is 2.65. The molecule has 0 radical (unpaired) electrons. The molecule has 0 spiro atoms. The number of rotatable bonds is 2. The van der Waals surface area contributed by atoms with Crippen molar-refractivity contribution in [2.75, 3.05) is 19.7 Å². The van der Waals surface area contributed by atoms with E-state index in [-0.39, 0.29) is 6.04 Å². The summed E-state index contributed by atoms with van der Waals surface area (Å²) in [6, 6.07) is 0.217. The molecule has 1 saturated carbocycles. The Kier molecular flexibility index (Phi) is 3.19. The third-order valence-electron chi connectivity index (χ3n) is 3.62. The highest BCUT2D eigenvalue weighted by Crippen LogP contribution is 2.25. The summed E-state index contributed by atoms with van der Waals surface area (Å²) < 4.78 is 0. The van der Waals surface area contributed by atoms with Gasteiger partial charge >= 0.3 is 0 Å². The van der Waals surface area contributed by atoms with Gasteiger partial charge in [0.05, 0.1) is 6.04 Å². The third-order valence-corrected chi connectivity index (χ3v) is 3.62. The Bertz CT molecular complexity index is 209. The molecule has 0 aromatic rings. The lowest BCUT2D eigenvalue weighted by molar-refractivity contribution is -0.122. The van der Waals surface area contributed by atoms with Crippen molar-refractivity contribution in [1.82, 2.24) is 4.90 Å². The largest absolute Gasteiger partial charge is 0.396 e. The van der Waals surface area contributed by atoms with Crippen LogP contribution in [0.4, 0.5) is 0 Å². The Morgan fingerprint density at radius 2 is 2.00 bits per heavy atom. The summed E-state index contributed by atoms with van der Waals surface area (Å²) in [5, 5.41) is 9.01. The molecule has 1 unspecified atom stereocenters. The Balaban J connectivity index is 1.85. The van der Waals surface area contributed by atoms with Crippen LogP contribution < -0.4 is 0 Å². The van der Waals surface area contributed by atoms with E-state index in [1.54, 1.807) is 0 Å². The van der Waals surface area contributed by atoms with Crippen LogP contribution in [0.25, 0.3) is 0 Å². The van der Waals surface area contributed by atoms with Crippen LogP contribution in [0.2, 0.25) is 0 Å². The zero-order valence-corrected chi connectivity index (χ0v) is 8.61. The molecule has 1 aliphatic carbocycles. The smallest absolute Gasteiger partial charge is 0.149 e. The summed E-state index contributed by atoms with van der Waals surface area (Å²) in [4.78, 5) is 13.9. The van der Waals surface area contributed by atoms with E-state index in [1.807, 2.05) is 0 Å². The van der Waals surface area contributed by atoms with Crippen LogP contribution in [0, 0.1) is 5.92 Å². The molecule has 1 aliphatic heterocycles. The van der Waals surface area contributed by atoms with Crippen LogP contribution in [-0.2, 0) is 4.79 Å². The quantitative estimate of drug-likeness (QED) is 0.712. The van der Waals surface area contributed by atoms with Crippen molar-refractivity contribution < 1.29 is 9.90 Å². The van der Waals surface area contributed by atoms with Gasteiger partial charge in [-0.25, -0.2) is 0 Å². The van der Waals surface area contributed by atoms with Crippen LogP contribution >= 0.6 is 0 Å². The molecule has 2 fully saturated rings. The molecule has 1 N–H and O–H groups in total. The number of carbonyl (C=O) groups is 1. The van der Waals surface area contributed by atoms with Gasteiger partial charge in [-0.1, -0.05) is 0 Å². The van der Waals surface area contributed by atoms with Crippen LogP contribution in [0.5, 0.6) is 0 Å². The Hall–Kier alpha value is -0.410. The molecule has 80 valence electrons. The lowest BCUT2D eigenvalue weighted by Gasteiger charge is -2.34. The molecule has 14 heavy (non-hydrogen) atoms. The SMILES string of the molecule is O=C1CCCC1N1CCC(CO)CC1. The molecule has 0 bridgehead atoms. The first-order valence-electron chi connectivity index (χ1n) is 5.69. The second-order valence-electron chi connectivity index (χ2n) is 4.54. The first kappa shape index (κ1) is 10.1. The van der Waals surface area contributed by atoms with Gasteiger partial charge in [0.2, 0.25) is 0 Å². The molecular weight excluding hydrogens is 178 g/mol. The Labute approximate surface area is 85.1 Å². The van der Waals surface area contributed by atoms with E-state index in [0.29, 0.717) is 18.3 Å². The molecule has 0 aromatic heterocycles. The number of piperidine rings is 1. The number of hydrogen-bond acceptors (Lipinski definition) is 3. The predicted molar refractivity (Wildman–Crippen MR) is 54.0 cm³/mol. The van der Waals surface area contributed by atoms with E-state index >= 15 is 0 Å². The minimum absolute atomic E-state index is 0.217. The zero-order valence-electron chi connectivity index (χ0n) is 8.61. The average molecular weight is 197 g/mol. The van der Waals surface area contributed by atoms with Crippen LogP contribution in [-0.4, -0.2) is 41.5 Å². The molecule has 0 amide bonds. The zero-order chi connectivity index (χ0) is 9.97. The van der Waals surface area contributed by atoms with Gasteiger partial charge in [0, 0.05) is 13.0 Å². The summed E-state index contributed by atoms with van der Waals surface area (Å²) in [5.74, 6) is 0.912. The highest BCUT2D eigenvalue weighted by Gasteiger charge is 2.32. The number of carbonyl (C=O) groups excluding carboxylic acids is 1. The van der Waals surface area contributed by atoms with Crippen molar-refractivity contribution in [3.8, 4) is 0 Å². The monoisotopic (exact) mass is 197 g/mol. The number of likely N-dealkylation sites (tertiary alicyclic amines) is 1. The normalized spacial score (nSPS) is 31.2. The van der Waals surface area contributed by atoms with Gasteiger partial charge in [0.25, 0.3) is 0 Å². The lowest BCUT2D eigenvalue weighted by atomic mass is 9.96. The molecule has 1 atom stereocenters. The standard InChI is InChI=1S/C11H19NO2/c13-8-9-4-6-12(7-5-9)10-2-1-3-11(10)14/h9-10,13H,1-8H2. The van der Waals surface area contributed by atoms with Crippen LogP contribution in [0.15, 0.2) is 0 Å². The Morgan fingerprint density at radius 3 is 2.50 bits per heavy atom. The van der Waals surface area contributed by atoms with Crippen molar-refractivity contribution in [1.29, 1.82) is 0 Å². The number of aliphatic hydroxyl groups excluding tert-OH is 1. The fourth-order valence-corrected chi connectivity index (χ4v) is 2.63. The minimum atomic E-state index is 0.217. The maximum absolute atomic E-state index is 11.5. The molecular formula is C11H19NO2. The van der Waals surface area contributed by atoms with Crippen molar-refractivity contribution in [3.63, 3.8) is 0 Å². The van der Waals surface area contributed by atoms with Crippen molar-refractivity contribution in [2.24, 2.45) is 5.92 Å². The summed E-state index contributed by atoms with van der Waals surface area (Å²) in [7, 11) is 0. The number of ketones is 1. The van der Waals surface area contributed by atoms with E-state index in [1.165, 1.54) is 0 Å². The number of hydrogen-bond donors (Lipinski definition) is 1. The number of nitrogens with zero attached hydrogens (tertiary/aromatic N) is 1. The van der Waals surface area contributed by atoms with E-state index in [4.69, 9.17) is 5.11 Å². The van der Waals surface area contributed by atoms with Crippen LogP contribution in [0.1, 0.15) is 32.1 Å². The minimum Gasteiger partial charge on any atom is -0.396 e. The van der Waals surface area contributed by atoms with Gasteiger partial charge < -0.3 is 5.11 Å². The van der Waals surface area contributed by atoms with Crippen molar-refractivity contribution in [2.45, 2.75) is 38.1 Å². The second-order valence-corrected chi connectivity index (χ2v) is 4.54. The van der Waals surface area contributed by atoms with E-state index in [0.717, 1.165) is 45.2 Å². The van der Waals surface area contributed by atoms with Gasteiger partial charge in [0.1, 0.15) is 5.78 Å². The van der Waals surface area contributed by atoms with Crippen molar-refractivity contribution in [3.05, 3.63) is 0 Å². The van der Waals surface area contributed by atoms with Gasteiger partial charge in [-0.15, -0.1) is 0 Å². The van der Waals surface area contributed by atoms with Gasteiger partial charge in [-0.3, -0.25) is 9.69 Å². The maximum Gasteiger partial charge on any atom is 0.149 e. The molecule has 0 aromatic carbocycles. The molecule has 1 heterocycles.